The van der Waals surface area contributed by atoms with Gasteiger partial charge < -0.3 is 9.47 Å². The van der Waals surface area contributed by atoms with Crippen molar-refractivity contribution < 1.29 is 18.8 Å². The van der Waals surface area contributed by atoms with Crippen LogP contribution in [0.1, 0.15) is 11.9 Å². The van der Waals surface area contributed by atoms with Crippen molar-refractivity contribution >= 4 is 5.69 Å². The number of rotatable bonds is 2. The van der Waals surface area contributed by atoms with Crippen LogP contribution in [0.3, 0.4) is 0 Å². The van der Waals surface area contributed by atoms with Crippen LogP contribution in [0.5, 0.6) is 0 Å². The molecule has 0 atom stereocenters. The van der Waals surface area contributed by atoms with Crippen molar-refractivity contribution in [3.05, 3.63) is 39.7 Å². The molecule has 80 valence electrons. The molecular weight excluding hydrogens is 205 g/mol. The Balaban J connectivity index is 2.33. The average Bonchev–Trinajstić information content (AvgIpc) is 2.71. The zero-order chi connectivity index (χ0) is 10.8. The van der Waals surface area contributed by atoms with Crippen molar-refractivity contribution in [2.45, 2.75) is 6.29 Å². The lowest BCUT2D eigenvalue weighted by Gasteiger charge is -2.08. The summed E-state index contributed by atoms with van der Waals surface area (Å²) in [7, 11) is 0. The van der Waals surface area contributed by atoms with E-state index in [0.717, 1.165) is 12.1 Å². The number of halogens is 1. The van der Waals surface area contributed by atoms with Crippen LogP contribution < -0.4 is 0 Å². The Bertz CT molecular complexity index is 390. The maximum absolute atomic E-state index is 13.0. The highest BCUT2D eigenvalue weighted by Crippen LogP contribution is 2.27. The van der Waals surface area contributed by atoms with Crippen molar-refractivity contribution in [3.63, 3.8) is 0 Å². The first-order valence-electron chi connectivity index (χ1n) is 4.35. The van der Waals surface area contributed by atoms with Crippen molar-refractivity contribution in [2.75, 3.05) is 13.2 Å². The molecule has 5 nitrogen and oxygen atoms in total. The third-order valence-corrected chi connectivity index (χ3v) is 2.06. The Hall–Kier alpha value is -1.53. The molecule has 0 saturated carbocycles. The highest BCUT2D eigenvalue weighted by Gasteiger charge is 2.22. The maximum atomic E-state index is 13.0. The van der Waals surface area contributed by atoms with Crippen molar-refractivity contribution in [1.82, 2.24) is 0 Å². The van der Waals surface area contributed by atoms with Crippen LogP contribution >= 0.6 is 0 Å². The van der Waals surface area contributed by atoms with Gasteiger partial charge in [0, 0.05) is 11.6 Å². The summed E-state index contributed by atoms with van der Waals surface area (Å²) in [4.78, 5) is 9.70. The summed E-state index contributed by atoms with van der Waals surface area (Å²) in [6.45, 7) is 0.881. The van der Waals surface area contributed by atoms with Gasteiger partial charge in [-0.05, 0) is 6.07 Å². The first-order chi connectivity index (χ1) is 7.18. The molecule has 0 bridgehead atoms. The average molecular weight is 213 g/mol. The van der Waals surface area contributed by atoms with Crippen LogP contribution in [0, 0.1) is 15.9 Å². The summed E-state index contributed by atoms with van der Waals surface area (Å²) in [6.07, 6.45) is -0.621. The minimum atomic E-state index is -0.859. The van der Waals surface area contributed by atoms with E-state index in [-0.39, 0.29) is 0 Å². The quantitative estimate of drug-likeness (QED) is 0.555. The minimum absolute atomic E-state index is 0.440. The maximum Gasteiger partial charge on any atom is 0.305 e. The normalized spacial score (nSPS) is 16.9. The number of benzene rings is 1. The van der Waals surface area contributed by atoms with Crippen LogP contribution in [0.15, 0.2) is 18.2 Å². The van der Waals surface area contributed by atoms with Gasteiger partial charge in [-0.2, -0.15) is 4.39 Å². The molecule has 1 aliphatic heterocycles. The summed E-state index contributed by atoms with van der Waals surface area (Å²) in [5, 5.41) is 10.5. The zero-order valence-corrected chi connectivity index (χ0v) is 7.68. The fourth-order valence-corrected chi connectivity index (χ4v) is 1.37. The van der Waals surface area contributed by atoms with Crippen LogP contribution in [0.25, 0.3) is 0 Å². The van der Waals surface area contributed by atoms with E-state index in [1.165, 1.54) is 6.07 Å². The van der Waals surface area contributed by atoms with E-state index in [1.54, 1.807) is 0 Å². The number of ether oxygens (including phenoxy) is 2. The molecule has 0 aromatic heterocycles. The summed E-state index contributed by atoms with van der Waals surface area (Å²) < 4.78 is 23.3. The summed E-state index contributed by atoms with van der Waals surface area (Å²) in [5.41, 5.74) is -0.104. The second-order valence-electron chi connectivity index (χ2n) is 3.04. The molecular formula is C9H8FNO4. The molecule has 1 heterocycles. The van der Waals surface area contributed by atoms with E-state index in [2.05, 4.69) is 0 Å². The second-order valence-corrected chi connectivity index (χ2v) is 3.04. The van der Waals surface area contributed by atoms with Gasteiger partial charge in [0.15, 0.2) is 6.29 Å². The highest BCUT2D eigenvalue weighted by molar-refractivity contribution is 5.36. The molecule has 15 heavy (non-hydrogen) atoms. The monoisotopic (exact) mass is 213 g/mol. The van der Waals surface area contributed by atoms with Gasteiger partial charge in [0.2, 0.25) is 5.82 Å². The summed E-state index contributed by atoms with van der Waals surface area (Å²) in [6, 6.07) is 3.59. The van der Waals surface area contributed by atoms with E-state index < -0.39 is 22.7 Å². The Labute approximate surface area is 84.6 Å². The van der Waals surface area contributed by atoms with Gasteiger partial charge in [-0.3, -0.25) is 10.1 Å². The Morgan fingerprint density at radius 2 is 2.07 bits per heavy atom. The molecule has 1 aromatic rings. The van der Waals surface area contributed by atoms with Crippen LogP contribution in [-0.2, 0) is 9.47 Å². The Morgan fingerprint density at radius 3 is 2.67 bits per heavy atom. The molecule has 1 saturated heterocycles. The first kappa shape index (κ1) is 10.0. The fourth-order valence-electron chi connectivity index (χ4n) is 1.37. The highest BCUT2D eigenvalue weighted by atomic mass is 19.1. The molecule has 2 rings (SSSR count). The molecule has 1 aliphatic rings. The molecule has 1 fully saturated rings. The lowest BCUT2D eigenvalue weighted by Crippen LogP contribution is -2.00. The number of hydrogen-bond donors (Lipinski definition) is 0. The predicted octanol–water partition coefficient (Wildman–Crippen LogP) is 1.78. The van der Waals surface area contributed by atoms with Gasteiger partial charge in [0.1, 0.15) is 0 Å². The lowest BCUT2D eigenvalue weighted by molar-refractivity contribution is -0.387. The third kappa shape index (κ3) is 1.95. The SMILES string of the molecule is O=[N+]([O-])c1cc(C2OCCO2)ccc1F. The van der Waals surface area contributed by atoms with E-state index in [9.17, 15) is 14.5 Å². The number of nitro benzene ring substituents is 1. The predicted molar refractivity (Wildman–Crippen MR) is 47.7 cm³/mol. The summed E-state index contributed by atoms with van der Waals surface area (Å²) >= 11 is 0. The van der Waals surface area contributed by atoms with Crippen molar-refractivity contribution in [3.8, 4) is 0 Å². The van der Waals surface area contributed by atoms with Gasteiger partial charge in [0.05, 0.1) is 18.1 Å². The lowest BCUT2D eigenvalue weighted by atomic mass is 10.2. The van der Waals surface area contributed by atoms with E-state index in [4.69, 9.17) is 9.47 Å². The molecule has 0 aliphatic carbocycles. The van der Waals surface area contributed by atoms with Crippen LogP contribution in [0.4, 0.5) is 10.1 Å². The molecule has 0 radical (unpaired) electrons. The molecule has 0 spiro atoms. The van der Waals surface area contributed by atoms with E-state index >= 15 is 0 Å². The van der Waals surface area contributed by atoms with Crippen molar-refractivity contribution in [1.29, 1.82) is 0 Å². The third-order valence-electron chi connectivity index (χ3n) is 2.06. The standard InChI is InChI=1S/C9H8FNO4/c10-7-2-1-6(5-8(7)11(12)13)9-14-3-4-15-9/h1-2,5,9H,3-4H2. The van der Waals surface area contributed by atoms with Crippen LogP contribution in [-0.4, -0.2) is 18.1 Å². The Kier molecular flexibility index (Phi) is 2.61. The molecule has 0 amide bonds. The van der Waals surface area contributed by atoms with Gasteiger partial charge >= 0.3 is 5.69 Å². The largest absolute Gasteiger partial charge is 0.346 e. The smallest absolute Gasteiger partial charge is 0.305 e. The first-order valence-corrected chi connectivity index (χ1v) is 4.35. The molecule has 1 aromatic carbocycles. The summed E-state index contributed by atoms with van der Waals surface area (Å²) in [5.74, 6) is -0.859. The topological polar surface area (TPSA) is 61.6 Å². The van der Waals surface area contributed by atoms with E-state index in [0.29, 0.717) is 18.8 Å². The number of nitrogens with zero attached hydrogens (tertiary/aromatic N) is 1. The Morgan fingerprint density at radius 1 is 1.40 bits per heavy atom. The van der Waals surface area contributed by atoms with Gasteiger partial charge in [-0.25, -0.2) is 0 Å². The van der Waals surface area contributed by atoms with Gasteiger partial charge in [-0.15, -0.1) is 0 Å². The van der Waals surface area contributed by atoms with Gasteiger partial charge in [-0.1, -0.05) is 6.07 Å². The van der Waals surface area contributed by atoms with Crippen molar-refractivity contribution in [2.24, 2.45) is 0 Å². The zero-order valence-electron chi connectivity index (χ0n) is 7.68. The van der Waals surface area contributed by atoms with Gasteiger partial charge in [0.25, 0.3) is 0 Å². The number of nitro groups is 1. The fraction of sp³-hybridized carbons (Fsp3) is 0.333. The molecule has 0 unspecified atom stereocenters. The van der Waals surface area contributed by atoms with E-state index in [1.807, 2.05) is 0 Å². The molecule has 6 heteroatoms. The second kappa shape index (κ2) is 3.92. The minimum Gasteiger partial charge on any atom is -0.346 e. The number of hydrogen-bond acceptors (Lipinski definition) is 4. The van der Waals surface area contributed by atoms with Crippen LogP contribution in [0.2, 0.25) is 0 Å². The molecule has 0 N–H and O–H groups in total.